The van der Waals surface area contributed by atoms with Gasteiger partial charge in [-0.2, -0.15) is 5.26 Å². The molecule has 19 heavy (non-hydrogen) atoms. The maximum atomic E-state index is 9.28. The van der Waals surface area contributed by atoms with Gasteiger partial charge in [-0.3, -0.25) is 0 Å². The van der Waals surface area contributed by atoms with Gasteiger partial charge >= 0.3 is 0 Å². The maximum Gasteiger partial charge on any atom is 0.114 e. The van der Waals surface area contributed by atoms with Crippen molar-refractivity contribution >= 4 is 23.9 Å². The van der Waals surface area contributed by atoms with Crippen molar-refractivity contribution in [3.63, 3.8) is 0 Å². The maximum absolute atomic E-state index is 9.28. The average Bonchev–Trinajstić information content (AvgIpc) is 2.45. The lowest BCUT2D eigenvalue weighted by molar-refractivity contribution is 1.05. The van der Waals surface area contributed by atoms with Crippen LogP contribution in [-0.2, 0) is 0 Å². The van der Waals surface area contributed by atoms with Crippen molar-refractivity contribution in [2.24, 2.45) is 0 Å². The monoisotopic (exact) mass is 266 g/mol. The molecule has 94 valence electrons. The Morgan fingerprint density at radius 1 is 1.21 bits per heavy atom. The van der Waals surface area contributed by atoms with Crippen molar-refractivity contribution in [2.75, 3.05) is 6.26 Å². The molecule has 0 radical (unpaired) electrons. The van der Waals surface area contributed by atoms with Gasteiger partial charge in [-0.25, -0.2) is 4.98 Å². The number of aromatic nitrogens is 1. The Labute approximate surface area is 117 Å². The SMILES string of the molecule is CSc1nc(C)cc(/C=C\c2ccccc2)c1C#N. The number of pyridine rings is 1. The van der Waals surface area contributed by atoms with E-state index in [2.05, 4.69) is 11.1 Å². The summed E-state index contributed by atoms with van der Waals surface area (Å²) in [5.74, 6) is 0. The number of rotatable bonds is 3. The molecule has 0 bridgehead atoms. The summed E-state index contributed by atoms with van der Waals surface area (Å²) in [6.07, 6.45) is 5.93. The smallest absolute Gasteiger partial charge is 0.114 e. The molecule has 0 saturated carbocycles. The summed E-state index contributed by atoms with van der Waals surface area (Å²) in [4.78, 5) is 4.38. The highest BCUT2D eigenvalue weighted by Crippen LogP contribution is 2.23. The summed E-state index contributed by atoms with van der Waals surface area (Å²) in [6, 6.07) is 14.2. The predicted molar refractivity (Wildman–Crippen MR) is 80.8 cm³/mol. The first kappa shape index (κ1) is 13.4. The van der Waals surface area contributed by atoms with E-state index in [-0.39, 0.29) is 0 Å². The number of thioether (sulfide) groups is 1. The minimum Gasteiger partial charge on any atom is -0.245 e. The van der Waals surface area contributed by atoms with E-state index in [1.54, 1.807) is 0 Å². The molecule has 0 atom stereocenters. The lowest BCUT2D eigenvalue weighted by Gasteiger charge is -2.05. The summed E-state index contributed by atoms with van der Waals surface area (Å²) in [7, 11) is 0. The fourth-order valence-corrected chi connectivity index (χ4v) is 2.41. The zero-order chi connectivity index (χ0) is 13.7. The van der Waals surface area contributed by atoms with E-state index in [0.717, 1.165) is 21.8 Å². The molecule has 1 aromatic carbocycles. The number of hydrogen-bond acceptors (Lipinski definition) is 3. The normalized spacial score (nSPS) is 10.6. The first-order valence-electron chi connectivity index (χ1n) is 5.93. The molecule has 3 heteroatoms. The van der Waals surface area contributed by atoms with Crippen LogP contribution in [0.4, 0.5) is 0 Å². The fourth-order valence-electron chi connectivity index (χ4n) is 1.81. The Morgan fingerprint density at radius 2 is 1.95 bits per heavy atom. The van der Waals surface area contributed by atoms with Gasteiger partial charge in [0, 0.05) is 5.69 Å². The quantitative estimate of drug-likeness (QED) is 0.783. The van der Waals surface area contributed by atoms with Crippen LogP contribution in [0.3, 0.4) is 0 Å². The number of hydrogen-bond donors (Lipinski definition) is 0. The van der Waals surface area contributed by atoms with Gasteiger partial charge in [0.15, 0.2) is 0 Å². The molecular formula is C16H14N2S. The van der Waals surface area contributed by atoms with Gasteiger partial charge in [-0.15, -0.1) is 11.8 Å². The van der Waals surface area contributed by atoms with E-state index in [4.69, 9.17) is 0 Å². The van der Waals surface area contributed by atoms with Crippen LogP contribution in [0, 0.1) is 18.3 Å². The molecule has 1 heterocycles. The van der Waals surface area contributed by atoms with Crippen LogP contribution in [0.2, 0.25) is 0 Å². The van der Waals surface area contributed by atoms with Crippen LogP contribution in [-0.4, -0.2) is 11.2 Å². The highest BCUT2D eigenvalue weighted by atomic mass is 32.2. The number of nitrogens with zero attached hydrogens (tertiary/aromatic N) is 2. The van der Waals surface area contributed by atoms with Crippen LogP contribution in [0.5, 0.6) is 0 Å². The van der Waals surface area contributed by atoms with E-state index < -0.39 is 0 Å². The van der Waals surface area contributed by atoms with Gasteiger partial charge in [-0.1, -0.05) is 42.5 Å². The van der Waals surface area contributed by atoms with E-state index in [1.165, 1.54) is 11.8 Å². The van der Waals surface area contributed by atoms with Gasteiger partial charge < -0.3 is 0 Å². The van der Waals surface area contributed by atoms with Crippen molar-refractivity contribution in [1.82, 2.24) is 4.98 Å². The lowest BCUT2D eigenvalue weighted by Crippen LogP contribution is -1.93. The molecule has 0 aliphatic carbocycles. The van der Waals surface area contributed by atoms with E-state index in [9.17, 15) is 5.26 Å². The van der Waals surface area contributed by atoms with Crippen LogP contribution in [0.25, 0.3) is 12.2 Å². The number of aryl methyl sites for hydroxylation is 1. The molecule has 2 aromatic rings. The Bertz CT molecular complexity index is 640. The van der Waals surface area contributed by atoms with E-state index >= 15 is 0 Å². The van der Waals surface area contributed by atoms with E-state index in [0.29, 0.717) is 5.56 Å². The van der Waals surface area contributed by atoms with Crippen LogP contribution in [0.15, 0.2) is 41.4 Å². The van der Waals surface area contributed by atoms with Crippen molar-refractivity contribution in [3.8, 4) is 6.07 Å². The molecule has 0 amide bonds. The summed E-state index contributed by atoms with van der Waals surface area (Å²) in [6.45, 7) is 1.95. The molecule has 1 aromatic heterocycles. The van der Waals surface area contributed by atoms with Gasteiger partial charge in [0.1, 0.15) is 11.1 Å². The molecule has 0 saturated heterocycles. The standard InChI is InChI=1S/C16H14N2S/c1-12-10-14(15(11-17)16(18-12)19-2)9-8-13-6-4-3-5-7-13/h3-10H,1-2H3/b9-8-. The minimum absolute atomic E-state index is 0.644. The summed E-state index contributed by atoms with van der Waals surface area (Å²) >= 11 is 1.50. The molecule has 0 aliphatic rings. The van der Waals surface area contributed by atoms with Gasteiger partial charge in [0.05, 0.1) is 5.56 Å². The summed E-state index contributed by atoms with van der Waals surface area (Å²) in [5.41, 5.74) is 3.61. The zero-order valence-corrected chi connectivity index (χ0v) is 11.7. The molecule has 0 fully saturated rings. The zero-order valence-electron chi connectivity index (χ0n) is 10.9. The second kappa shape index (κ2) is 6.21. The molecular weight excluding hydrogens is 252 g/mol. The van der Waals surface area contributed by atoms with E-state index in [1.807, 2.05) is 61.7 Å². The molecule has 0 N–H and O–H groups in total. The van der Waals surface area contributed by atoms with Gasteiger partial charge in [-0.05, 0) is 30.4 Å². The highest BCUT2D eigenvalue weighted by Gasteiger charge is 2.08. The van der Waals surface area contributed by atoms with Crippen molar-refractivity contribution < 1.29 is 0 Å². The third kappa shape index (κ3) is 3.24. The number of benzene rings is 1. The fraction of sp³-hybridized carbons (Fsp3) is 0.125. The molecule has 0 unspecified atom stereocenters. The molecule has 2 nitrogen and oxygen atoms in total. The first-order valence-corrected chi connectivity index (χ1v) is 7.16. The van der Waals surface area contributed by atoms with Gasteiger partial charge in [0.2, 0.25) is 0 Å². The molecule has 0 aliphatic heterocycles. The summed E-state index contributed by atoms with van der Waals surface area (Å²) < 4.78 is 0. The Hall–Kier alpha value is -2.05. The molecule has 2 rings (SSSR count). The third-order valence-corrected chi connectivity index (χ3v) is 3.39. The lowest BCUT2D eigenvalue weighted by atomic mass is 10.1. The van der Waals surface area contributed by atoms with Crippen LogP contribution in [0.1, 0.15) is 22.4 Å². The second-order valence-corrected chi connectivity index (χ2v) is 4.89. The van der Waals surface area contributed by atoms with Crippen molar-refractivity contribution in [1.29, 1.82) is 5.26 Å². The van der Waals surface area contributed by atoms with Gasteiger partial charge in [0.25, 0.3) is 0 Å². The predicted octanol–water partition coefficient (Wildman–Crippen LogP) is 4.15. The topological polar surface area (TPSA) is 36.7 Å². The Balaban J connectivity index is 2.43. The van der Waals surface area contributed by atoms with Crippen LogP contribution >= 0.6 is 11.8 Å². The summed E-state index contributed by atoms with van der Waals surface area (Å²) in [5, 5.41) is 10.1. The minimum atomic E-state index is 0.644. The second-order valence-electron chi connectivity index (χ2n) is 4.09. The third-order valence-electron chi connectivity index (χ3n) is 2.70. The van der Waals surface area contributed by atoms with Crippen LogP contribution < -0.4 is 0 Å². The average molecular weight is 266 g/mol. The van der Waals surface area contributed by atoms with Crippen molar-refractivity contribution in [2.45, 2.75) is 11.9 Å². The number of nitriles is 1. The largest absolute Gasteiger partial charge is 0.245 e. The van der Waals surface area contributed by atoms with Crippen molar-refractivity contribution in [3.05, 3.63) is 58.8 Å². The Kier molecular flexibility index (Phi) is 4.38. The first-order chi connectivity index (χ1) is 9.24. The highest BCUT2D eigenvalue weighted by molar-refractivity contribution is 7.98. The Morgan fingerprint density at radius 3 is 2.58 bits per heavy atom. The molecule has 0 spiro atoms.